The molecule has 0 unspecified atom stereocenters. The largest absolute Gasteiger partial charge is 0.432 e. The second kappa shape index (κ2) is 13.1. The van der Waals surface area contributed by atoms with Gasteiger partial charge in [0.25, 0.3) is 0 Å². The number of allylic oxidation sites excluding steroid dienone is 1. The highest BCUT2D eigenvalue weighted by Gasteiger charge is 2.41. The molecule has 0 spiro atoms. The van der Waals surface area contributed by atoms with E-state index in [9.17, 15) is 22.0 Å². The second-order valence-corrected chi connectivity index (χ2v) is 11.4. The Kier molecular flexibility index (Phi) is 9.39. The molecule has 1 nitrogen and oxygen atoms in total. The van der Waals surface area contributed by atoms with Crippen molar-refractivity contribution in [3.05, 3.63) is 125 Å². The van der Waals surface area contributed by atoms with Crippen LogP contribution in [0.3, 0.4) is 0 Å². The second-order valence-electron chi connectivity index (χ2n) is 11.0. The van der Waals surface area contributed by atoms with Crippen LogP contribution in [-0.2, 0) is 6.11 Å². The third-order valence-electron chi connectivity index (χ3n) is 8.15. The molecule has 1 fully saturated rings. The van der Waals surface area contributed by atoms with Crippen LogP contribution in [0.4, 0.5) is 30.7 Å². The van der Waals surface area contributed by atoms with Gasteiger partial charge in [0, 0.05) is 17.2 Å². The lowest BCUT2D eigenvalue weighted by Gasteiger charge is -2.28. The molecule has 4 aromatic carbocycles. The van der Waals surface area contributed by atoms with Gasteiger partial charge < -0.3 is 4.74 Å². The molecule has 0 atom stereocenters. The zero-order chi connectivity index (χ0) is 31.6. The molecule has 230 valence electrons. The zero-order valence-corrected chi connectivity index (χ0v) is 24.2. The molecule has 9 heteroatoms. The van der Waals surface area contributed by atoms with Crippen molar-refractivity contribution in [2.24, 2.45) is 5.92 Å². The van der Waals surface area contributed by atoms with Gasteiger partial charge in [0.05, 0.1) is 5.02 Å². The van der Waals surface area contributed by atoms with Crippen molar-refractivity contribution >= 4 is 11.6 Å². The number of hydrogen-bond donors (Lipinski definition) is 0. The van der Waals surface area contributed by atoms with Gasteiger partial charge >= 0.3 is 6.11 Å². The van der Waals surface area contributed by atoms with Crippen LogP contribution in [0.1, 0.15) is 55.6 Å². The van der Waals surface area contributed by atoms with Gasteiger partial charge in [0.15, 0.2) is 0 Å². The lowest BCUT2D eigenvalue weighted by atomic mass is 9.77. The number of hydrogen-bond acceptors (Lipinski definition) is 1. The Balaban J connectivity index is 1.34. The molecule has 0 heterocycles. The number of benzene rings is 4. The summed E-state index contributed by atoms with van der Waals surface area (Å²) in [5.41, 5.74) is -1.13. The molecule has 1 aliphatic rings. The molecule has 1 saturated carbocycles. The third kappa shape index (κ3) is 6.80. The minimum Gasteiger partial charge on any atom is -0.429 e. The Morgan fingerprint density at radius 1 is 0.727 bits per heavy atom. The van der Waals surface area contributed by atoms with E-state index in [0.29, 0.717) is 24.1 Å². The van der Waals surface area contributed by atoms with Crippen molar-refractivity contribution in [1.82, 2.24) is 0 Å². The first-order valence-electron chi connectivity index (χ1n) is 14.2. The Hall–Kier alpha value is -3.78. The van der Waals surface area contributed by atoms with Crippen LogP contribution in [0.5, 0.6) is 5.75 Å². The molecular formula is C35H28ClF7O. The predicted octanol–water partition coefficient (Wildman–Crippen LogP) is 11.7. The van der Waals surface area contributed by atoms with Gasteiger partial charge in [-0.2, -0.15) is 8.78 Å². The molecule has 0 aromatic heterocycles. The minimum atomic E-state index is -4.54. The van der Waals surface area contributed by atoms with E-state index in [2.05, 4.69) is 11.3 Å². The van der Waals surface area contributed by atoms with Crippen LogP contribution in [0, 0.1) is 35.0 Å². The fraction of sp³-hybridized carbons (Fsp3) is 0.257. The highest BCUT2D eigenvalue weighted by Crippen LogP contribution is 2.40. The van der Waals surface area contributed by atoms with Crippen LogP contribution in [0.15, 0.2) is 79.4 Å². The normalized spacial score (nSPS) is 17.0. The van der Waals surface area contributed by atoms with E-state index in [1.807, 2.05) is 12.1 Å². The maximum Gasteiger partial charge on any atom is 0.432 e. The summed E-state index contributed by atoms with van der Waals surface area (Å²) in [6, 6.07) is 12.0. The van der Waals surface area contributed by atoms with Gasteiger partial charge in [0.2, 0.25) is 0 Å². The van der Waals surface area contributed by atoms with Crippen molar-refractivity contribution in [2.75, 3.05) is 0 Å². The number of ether oxygens (including phenoxy) is 1. The Labute approximate surface area is 255 Å². The molecule has 0 amide bonds. The number of alkyl halides is 2. The Morgan fingerprint density at radius 3 is 1.95 bits per heavy atom. The lowest BCUT2D eigenvalue weighted by molar-refractivity contribution is -0.189. The fourth-order valence-electron chi connectivity index (χ4n) is 5.82. The summed E-state index contributed by atoms with van der Waals surface area (Å²) in [7, 11) is 0. The van der Waals surface area contributed by atoms with Gasteiger partial charge in [-0.1, -0.05) is 41.9 Å². The van der Waals surface area contributed by atoms with Crippen molar-refractivity contribution in [2.45, 2.75) is 50.6 Å². The maximum atomic E-state index is 15.2. The maximum absolute atomic E-state index is 15.2. The van der Waals surface area contributed by atoms with Crippen LogP contribution >= 0.6 is 11.6 Å². The molecule has 1 aliphatic carbocycles. The fourth-order valence-corrected chi connectivity index (χ4v) is 5.94. The van der Waals surface area contributed by atoms with Crippen molar-refractivity contribution < 1.29 is 35.5 Å². The van der Waals surface area contributed by atoms with E-state index in [1.165, 1.54) is 18.2 Å². The summed E-state index contributed by atoms with van der Waals surface area (Å²) in [6.07, 6.45) is 3.57. The summed E-state index contributed by atoms with van der Waals surface area (Å²) in [5.74, 6) is -5.76. The number of rotatable bonds is 9. The molecule has 44 heavy (non-hydrogen) atoms. The summed E-state index contributed by atoms with van der Waals surface area (Å²) < 4.78 is 108. The number of halogens is 8. The van der Waals surface area contributed by atoms with E-state index in [1.54, 1.807) is 6.07 Å². The quantitative estimate of drug-likeness (QED) is 0.132. The van der Waals surface area contributed by atoms with Crippen molar-refractivity contribution in [1.29, 1.82) is 0 Å². The molecular weight excluding hydrogens is 605 g/mol. The molecule has 4 aromatic rings. The van der Waals surface area contributed by atoms with E-state index in [-0.39, 0.29) is 33.2 Å². The van der Waals surface area contributed by atoms with Gasteiger partial charge in [-0.05, 0) is 103 Å². The van der Waals surface area contributed by atoms with Gasteiger partial charge in [0.1, 0.15) is 40.4 Å². The predicted molar refractivity (Wildman–Crippen MR) is 157 cm³/mol. The molecule has 0 saturated heterocycles. The molecule has 5 rings (SSSR count). The average Bonchev–Trinajstić information content (AvgIpc) is 2.97. The average molecular weight is 633 g/mol. The van der Waals surface area contributed by atoms with E-state index in [4.69, 9.17) is 11.6 Å². The van der Waals surface area contributed by atoms with E-state index < -0.39 is 46.5 Å². The summed E-state index contributed by atoms with van der Waals surface area (Å²) in [5, 5.41) is -0.358. The molecule has 0 N–H and O–H groups in total. The SMILES string of the molecule is C=CCCC1CCC(c2ccc(-c3ccc(-c4cc(F)c(C(F)(F)Oc5ccc(Cl)c(F)c5)c(F)c4)c(F)c3)c(F)c2)CC1. The summed E-state index contributed by atoms with van der Waals surface area (Å²) in [6.45, 7) is 3.77. The van der Waals surface area contributed by atoms with E-state index in [0.717, 1.165) is 62.3 Å². The first-order chi connectivity index (χ1) is 21.0. The topological polar surface area (TPSA) is 9.23 Å². The molecule has 0 bridgehead atoms. The standard InChI is InChI=1S/C35H28ClF7O/c1-2-3-4-20-5-7-21(8-6-20)22-9-12-26(29(37)15-22)23-10-13-27(30(38)16-23)24-17-32(40)34(33(41)18-24)35(42,43)44-25-11-14-28(36)31(39)19-25/h2,9-21H,1,3-8H2. The smallest absolute Gasteiger partial charge is 0.429 e. The Morgan fingerprint density at radius 2 is 1.34 bits per heavy atom. The minimum absolute atomic E-state index is 0.155. The van der Waals surface area contributed by atoms with E-state index >= 15 is 8.78 Å². The van der Waals surface area contributed by atoms with Crippen LogP contribution in [0.2, 0.25) is 5.02 Å². The highest BCUT2D eigenvalue weighted by molar-refractivity contribution is 6.30. The molecule has 0 radical (unpaired) electrons. The summed E-state index contributed by atoms with van der Waals surface area (Å²) >= 11 is 5.52. The van der Waals surface area contributed by atoms with Gasteiger partial charge in [-0.15, -0.1) is 6.58 Å². The summed E-state index contributed by atoms with van der Waals surface area (Å²) in [4.78, 5) is 0. The van der Waals surface area contributed by atoms with Crippen molar-refractivity contribution in [3.63, 3.8) is 0 Å². The Bertz CT molecular complexity index is 1660. The van der Waals surface area contributed by atoms with Gasteiger partial charge in [-0.3, -0.25) is 0 Å². The highest BCUT2D eigenvalue weighted by atomic mass is 35.5. The monoisotopic (exact) mass is 632 g/mol. The zero-order valence-electron chi connectivity index (χ0n) is 23.5. The van der Waals surface area contributed by atoms with Crippen molar-refractivity contribution in [3.8, 4) is 28.0 Å². The first-order valence-corrected chi connectivity index (χ1v) is 14.6. The first kappa shape index (κ1) is 31.6. The molecule has 0 aliphatic heterocycles. The lowest BCUT2D eigenvalue weighted by Crippen LogP contribution is -2.25. The van der Waals surface area contributed by atoms with Gasteiger partial charge in [-0.25, -0.2) is 22.0 Å². The third-order valence-corrected chi connectivity index (χ3v) is 8.46. The van der Waals surface area contributed by atoms with Crippen LogP contribution in [0.25, 0.3) is 22.3 Å². The van der Waals surface area contributed by atoms with Crippen LogP contribution < -0.4 is 4.74 Å². The van der Waals surface area contributed by atoms with Crippen LogP contribution in [-0.4, -0.2) is 0 Å².